The number of hydrogen-bond donors (Lipinski definition) is 1. The molecule has 1 heterocycles. The van der Waals surface area contributed by atoms with E-state index in [1.165, 1.54) is 6.07 Å². The van der Waals surface area contributed by atoms with Crippen molar-refractivity contribution in [3.63, 3.8) is 0 Å². The van der Waals surface area contributed by atoms with Gasteiger partial charge in [0.25, 0.3) is 0 Å². The summed E-state index contributed by atoms with van der Waals surface area (Å²) in [6.45, 7) is 0. The predicted octanol–water partition coefficient (Wildman–Crippen LogP) is 1.84. The summed E-state index contributed by atoms with van der Waals surface area (Å²) in [6, 6.07) is 1.30. The fourth-order valence-electron chi connectivity index (χ4n) is 0.948. The van der Waals surface area contributed by atoms with Crippen molar-refractivity contribution in [2.24, 2.45) is 5.73 Å². The first-order valence-electron chi connectivity index (χ1n) is 3.78. The lowest BCUT2D eigenvalue weighted by Crippen LogP contribution is -2.12. The number of hydrogen-bond acceptors (Lipinski definition) is 4. The number of nitro groups is 1. The molecule has 2 N–H and O–H groups in total. The Morgan fingerprint density at radius 2 is 2.21 bits per heavy atom. The lowest BCUT2D eigenvalue weighted by atomic mass is 10.2. The van der Waals surface area contributed by atoms with E-state index in [2.05, 4.69) is 4.42 Å². The van der Waals surface area contributed by atoms with E-state index in [0.717, 1.165) is 6.07 Å². The molecule has 1 aromatic heterocycles. The largest absolute Gasteiger partial charge is 0.433 e. The Morgan fingerprint density at radius 3 is 2.64 bits per heavy atom. The lowest BCUT2D eigenvalue weighted by Gasteiger charge is -2.05. The van der Waals surface area contributed by atoms with Gasteiger partial charge in [0.05, 0.1) is 12.1 Å². The summed E-state index contributed by atoms with van der Waals surface area (Å²) in [5, 5.41) is 10.2. The van der Waals surface area contributed by atoms with Crippen molar-refractivity contribution in [2.75, 3.05) is 0 Å². The Labute approximate surface area is 77.6 Å². The van der Waals surface area contributed by atoms with Crippen molar-refractivity contribution >= 4 is 5.88 Å². The molecular weight excluding hydrogens is 198 g/mol. The van der Waals surface area contributed by atoms with Crippen molar-refractivity contribution in [1.82, 2.24) is 0 Å². The average Bonchev–Trinajstić information content (AvgIpc) is 2.50. The van der Waals surface area contributed by atoms with Crippen molar-refractivity contribution in [3.8, 4) is 0 Å². The minimum atomic E-state index is -2.56. The van der Waals surface area contributed by atoms with Crippen LogP contribution in [0.3, 0.4) is 0 Å². The highest BCUT2D eigenvalue weighted by atomic mass is 19.3. The van der Waals surface area contributed by atoms with Crippen LogP contribution in [-0.4, -0.2) is 11.3 Å². The van der Waals surface area contributed by atoms with Crippen LogP contribution in [0.2, 0.25) is 0 Å². The summed E-state index contributed by atoms with van der Waals surface area (Å²) in [5.41, 5.74) is 5.31. The van der Waals surface area contributed by atoms with Crippen LogP contribution in [0.4, 0.5) is 14.7 Å². The third-order valence-electron chi connectivity index (χ3n) is 1.59. The maximum absolute atomic E-state index is 11.9. The highest BCUT2D eigenvalue weighted by Gasteiger charge is 2.19. The molecule has 78 valence electrons. The van der Waals surface area contributed by atoms with E-state index in [1.54, 1.807) is 0 Å². The van der Waals surface area contributed by atoms with Gasteiger partial charge in [0.2, 0.25) is 6.43 Å². The fourth-order valence-corrected chi connectivity index (χ4v) is 0.948. The molecule has 1 aromatic rings. The van der Waals surface area contributed by atoms with Gasteiger partial charge in [-0.15, -0.1) is 0 Å². The number of furan rings is 1. The third kappa shape index (κ3) is 2.49. The SMILES string of the molecule is N[C@@H](CC(F)F)c1ccc([N+](=O)[O-])o1. The van der Waals surface area contributed by atoms with Gasteiger partial charge >= 0.3 is 5.88 Å². The molecule has 0 radical (unpaired) electrons. The maximum Gasteiger partial charge on any atom is 0.433 e. The Balaban J connectivity index is 2.71. The van der Waals surface area contributed by atoms with E-state index in [-0.39, 0.29) is 5.76 Å². The van der Waals surface area contributed by atoms with Crippen molar-refractivity contribution < 1.29 is 18.1 Å². The Morgan fingerprint density at radius 1 is 1.57 bits per heavy atom. The highest BCUT2D eigenvalue weighted by molar-refractivity contribution is 5.19. The molecule has 0 aliphatic rings. The van der Waals surface area contributed by atoms with Crippen LogP contribution in [0.15, 0.2) is 16.5 Å². The zero-order valence-corrected chi connectivity index (χ0v) is 7.02. The molecule has 5 nitrogen and oxygen atoms in total. The fraction of sp³-hybridized carbons (Fsp3) is 0.429. The van der Waals surface area contributed by atoms with Crippen molar-refractivity contribution in [1.29, 1.82) is 0 Å². The summed E-state index contributed by atoms with van der Waals surface area (Å²) in [7, 11) is 0. The number of alkyl halides is 2. The van der Waals surface area contributed by atoms with Crippen LogP contribution in [-0.2, 0) is 0 Å². The molecule has 14 heavy (non-hydrogen) atoms. The van der Waals surface area contributed by atoms with Crippen LogP contribution in [0.1, 0.15) is 18.2 Å². The Kier molecular flexibility index (Phi) is 3.13. The van der Waals surface area contributed by atoms with Crippen LogP contribution in [0.5, 0.6) is 0 Å². The topological polar surface area (TPSA) is 82.3 Å². The second-order valence-corrected chi connectivity index (χ2v) is 2.67. The molecule has 1 rings (SSSR count). The maximum atomic E-state index is 11.9. The molecule has 0 aromatic carbocycles. The van der Waals surface area contributed by atoms with Gasteiger partial charge in [0, 0.05) is 6.42 Å². The molecule has 7 heteroatoms. The van der Waals surface area contributed by atoms with E-state index >= 15 is 0 Å². The molecule has 1 atom stereocenters. The first kappa shape index (κ1) is 10.6. The highest BCUT2D eigenvalue weighted by Crippen LogP contribution is 2.23. The summed E-state index contributed by atoms with van der Waals surface area (Å²) < 4.78 is 28.4. The summed E-state index contributed by atoms with van der Waals surface area (Å²) in [4.78, 5) is 9.43. The molecule has 0 spiro atoms. The zero-order valence-electron chi connectivity index (χ0n) is 7.02. The van der Waals surface area contributed by atoms with E-state index in [1.807, 2.05) is 0 Å². The lowest BCUT2D eigenvalue weighted by molar-refractivity contribution is -0.402. The number of rotatable bonds is 4. The smallest absolute Gasteiger partial charge is 0.404 e. The van der Waals surface area contributed by atoms with Gasteiger partial charge in [0.1, 0.15) is 10.7 Å². The van der Waals surface area contributed by atoms with Gasteiger partial charge in [0.15, 0.2) is 0 Å². The number of halogens is 2. The molecule has 0 saturated heterocycles. The van der Waals surface area contributed by atoms with E-state index < -0.39 is 29.7 Å². The van der Waals surface area contributed by atoms with E-state index in [9.17, 15) is 18.9 Å². The Bertz CT molecular complexity index is 326. The monoisotopic (exact) mass is 206 g/mol. The summed E-state index contributed by atoms with van der Waals surface area (Å²) in [6.07, 6.45) is -3.14. The van der Waals surface area contributed by atoms with Gasteiger partial charge in [-0.05, 0) is 6.07 Å². The molecular formula is C7H8F2N2O3. The van der Waals surface area contributed by atoms with Gasteiger partial charge in [-0.2, -0.15) is 0 Å². The van der Waals surface area contributed by atoms with Gasteiger partial charge < -0.3 is 10.2 Å². The minimum absolute atomic E-state index is 0.00278. The zero-order chi connectivity index (χ0) is 10.7. The molecule has 0 bridgehead atoms. The number of nitrogens with two attached hydrogens (primary N) is 1. The van der Waals surface area contributed by atoms with Gasteiger partial charge in [-0.25, -0.2) is 8.78 Å². The second kappa shape index (κ2) is 4.14. The van der Waals surface area contributed by atoms with Crippen LogP contribution < -0.4 is 5.73 Å². The number of nitrogens with zero attached hydrogens (tertiary/aromatic N) is 1. The van der Waals surface area contributed by atoms with Crippen molar-refractivity contribution in [2.45, 2.75) is 18.9 Å². The van der Waals surface area contributed by atoms with Crippen LogP contribution >= 0.6 is 0 Å². The molecule has 0 amide bonds. The molecule has 0 saturated carbocycles. The standard InChI is InChI=1S/C7H8F2N2O3/c8-6(9)3-4(10)5-1-2-7(14-5)11(12)13/h1-2,4,6H,3,10H2/t4-/m0/s1. The second-order valence-electron chi connectivity index (χ2n) is 2.67. The predicted molar refractivity (Wildman–Crippen MR) is 42.9 cm³/mol. The molecule has 0 unspecified atom stereocenters. The summed E-state index contributed by atoms with van der Waals surface area (Å²) >= 11 is 0. The van der Waals surface area contributed by atoms with E-state index in [0.29, 0.717) is 0 Å². The van der Waals surface area contributed by atoms with Crippen LogP contribution in [0, 0.1) is 10.1 Å². The van der Waals surface area contributed by atoms with Gasteiger partial charge in [-0.3, -0.25) is 10.1 Å². The van der Waals surface area contributed by atoms with E-state index in [4.69, 9.17) is 5.73 Å². The third-order valence-corrected chi connectivity index (χ3v) is 1.59. The van der Waals surface area contributed by atoms with Crippen molar-refractivity contribution in [3.05, 3.63) is 28.0 Å². The molecule has 0 aliphatic carbocycles. The first-order chi connectivity index (χ1) is 6.50. The van der Waals surface area contributed by atoms with Gasteiger partial charge in [-0.1, -0.05) is 0 Å². The quantitative estimate of drug-likeness (QED) is 0.601. The molecule has 0 aliphatic heterocycles. The average molecular weight is 206 g/mol. The Hall–Kier alpha value is -1.50. The molecule has 0 fully saturated rings. The normalized spacial score (nSPS) is 13.1. The minimum Gasteiger partial charge on any atom is -0.404 e. The first-order valence-corrected chi connectivity index (χ1v) is 3.78. The summed E-state index contributed by atoms with van der Waals surface area (Å²) in [5.74, 6) is -0.498. The van der Waals surface area contributed by atoms with Crippen LogP contribution in [0.25, 0.3) is 0 Å².